The maximum absolute atomic E-state index is 12.2. The summed E-state index contributed by atoms with van der Waals surface area (Å²) in [6.45, 7) is 3.86. The van der Waals surface area contributed by atoms with Gasteiger partial charge in [0.2, 0.25) is 0 Å². The second-order valence-corrected chi connectivity index (χ2v) is 4.41. The number of benzene rings is 1. The Kier molecular flexibility index (Phi) is 3.09. The van der Waals surface area contributed by atoms with Crippen LogP contribution in [0.3, 0.4) is 0 Å². The van der Waals surface area contributed by atoms with Crippen molar-refractivity contribution >= 4 is 11.7 Å². The highest BCUT2D eigenvalue weighted by molar-refractivity contribution is 5.98. The van der Waals surface area contributed by atoms with Crippen LogP contribution in [0.2, 0.25) is 0 Å². The number of nitrogens with zero attached hydrogens (tertiary/aromatic N) is 1. The van der Waals surface area contributed by atoms with E-state index < -0.39 is 0 Å². The third kappa shape index (κ3) is 2.44. The summed E-state index contributed by atoms with van der Waals surface area (Å²) in [4.78, 5) is 25.0. The van der Waals surface area contributed by atoms with Crippen molar-refractivity contribution in [1.82, 2.24) is 4.90 Å². The number of rotatable bonds is 1. The molecule has 0 aliphatic carbocycles. The van der Waals surface area contributed by atoms with Crippen molar-refractivity contribution in [1.29, 1.82) is 0 Å². The molecule has 1 atom stereocenters. The van der Waals surface area contributed by atoms with Gasteiger partial charge < -0.3 is 4.90 Å². The van der Waals surface area contributed by atoms with Crippen LogP contribution in [0.4, 0.5) is 0 Å². The van der Waals surface area contributed by atoms with E-state index in [0.29, 0.717) is 12.0 Å². The van der Waals surface area contributed by atoms with E-state index in [2.05, 4.69) is 0 Å². The fourth-order valence-electron chi connectivity index (χ4n) is 1.88. The predicted molar refractivity (Wildman–Crippen MR) is 65.6 cm³/mol. The zero-order chi connectivity index (χ0) is 12.4. The van der Waals surface area contributed by atoms with Crippen molar-refractivity contribution in [2.45, 2.75) is 26.3 Å². The molecule has 0 bridgehead atoms. The highest BCUT2D eigenvalue weighted by Gasteiger charge is 2.24. The predicted octanol–water partition coefficient (Wildman–Crippen LogP) is 2.31. The lowest BCUT2D eigenvalue weighted by Crippen LogP contribution is -2.38. The molecule has 0 aromatic heterocycles. The van der Waals surface area contributed by atoms with Gasteiger partial charge in [-0.05, 0) is 32.1 Å². The maximum Gasteiger partial charge on any atom is 0.258 e. The summed E-state index contributed by atoms with van der Waals surface area (Å²) >= 11 is 0. The Bertz CT molecular complexity index is 474. The van der Waals surface area contributed by atoms with Crippen molar-refractivity contribution in [2.24, 2.45) is 0 Å². The van der Waals surface area contributed by atoms with E-state index in [1.54, 1.807) is 11.1 Å². The third-order valence-electron chi connectivity index (χ3n) is 2.93. The number of ketones is 1. The summed E-state index contributed by atoms with van der Waals surface area (Å²) in [6, 6.07) is 7.39. The van der Waals surface area contributed by atoms with E-state index in [-0.39, 0.29) is 17.7 Å². The molecule has 88 valence electrons. The molecule has 3 nitrogen and oxygen atoms in total. The number of carbonyl (C=O) groups excluding carboxylic acids is 2. The molecule has 1 heterocycles. The zero-order valence-corrected chi connectivity index (χ0v) is 10.0. The number of allylic oxidation sites excluding steroid dienone is 1. The standard InChI is InChI=1S/C14H15NO2/c1-10-3-5-12(6-4-10)14(17)15-8-7-13(16)9-11(15)2/h3-8,11H,9H2,1-2H3. The lowest BCUT2D eigenvalue weighted by Gasteiger charge is -2.28. The summed E-state index contributed by atoms with van der Waals surface area (Å²) in [5, 5.41) is 0. The topological polar surface area (TPSA) is 37.4 Å². The first-order chi connectivity index (χ1) is 8.08. The van der Waals surface area contributed by atoms with Gasteiger partial charge in [0.05, 0.1) is 0 Å². The second-order valence-electron chi connectivity index (χ2n) is 4.41. The average molecular weight is 229 g/mol. The normalized spacial score (nSPS) is 19.5. The number of carbonyl (C=O) groups is 2. The molecule has 0 spiro atoms. The van der Waals surface area contributed by atoms with Gasteiger partial charge in [-0.15, -0.1) is 0 Å². The smallest absolute Gasteiger partial charge is 0.258 e. The lowest BCUT2D eigenvalue weighted by atomic mass is 10.0. The van der Waals surface area contributed by atoms with E-state index in [9.17, 15) is 9.59 Å². The molecule has 0 saturated heterocycles. The molecule has 17 heavy (non-hydrogen) atoms. The fourth-order valence-corrected chi connectivity index (χ4v) is 1.88. The largest absolute Gasteiger partial charge is 0.312 e. The van der Waals surface area contributed by atoms with Gasteiger partial charge in [-0.1, -0.05) is 17.7 Å². The SMILES string of the molecule is Cc1ccc(C(=O)N2C=CC(=O)CC2C)cc1. The second kappa shape index (κ2) is 4.53. The van der Waals surface area contributed by atoms with Crippen LogP contribution < -0.4 is 0 Å². The van der Waals surface area contributed by atoms with Crippen LogP contribution in [-0.2, 0) is 4.79 Å². The van der Waals surface area contributed by atoms with Gasteiger partial charge in [-0.2, -0.15) is 0 Å². The van der Waals surface area contributed by atoms with Crippen LogP contribution in [0.1, 0.15) is 29.3 Å². The number of hydrogen-bond donors (Lipinski definition) is 0. The molecular weight excluding hydrogens is 214 g/mol. The van der Waals surface area contributed by atoms with Crippen LogP contribution in [0, 0.1) is 6.92 Å². The number of aryl methyl sites for hydroxylation is 1. The number of hydrogen-bond acceptors (Lipinski definition) is 2. The van der Waals surface area contributed by atoms with Gasteiger partial charge in [0.15, 0.2) is 5.78 Å². The van der Waals surface area contributed by atoms with Crippen LogP contribution in [-0.4, -0.2) is 22.6 Å². The van der Waals surface area contributed by atoms with Gasteiger partial charge in [0.25, 0.3) is 5.91 Å². The molecular formula is C14H15NO2. The summed E-state index contributed by atoms with van der Waals surface area (Å²) in [5.74, 6) is 0.0201. The summed E-state index contributed by atoms with van der Waals surface area (Å²) in [7, 11) is 0. The highest BCUT2D eigenvalue weighted by Crippen LogP contribution is 2.16. The van der Waals surface area contributed by atoms with Crippen LogP contribution in [0.25, 0.3) is 0 Å². The molecule has 1 aliphatic rings. The van der Waals surface area contributed by atoms with E-state index >= 15 is 0 Å². The van der Waals surface area contributed by atoms with Gasteiger partial charge in [-0.25, -0.2) is 0 Å². The first-order valence-electron chi connectivity index (χ1n) is 5.68. The van der Waals surface area contributed by atoms with E-state index in [1.807, 2.05) is 38.1 Å². The van der Waals surface area contributed by atoms with Crippen LogP contribution in [0.5, 0.6) is 0 Å². The van der Waals surface area contributed by atoms with Gasteiger partial charge in [0, 0.05) is 24.2 Å². The Morgan fingerprint density at radius 1 is 1.29 bits per heavy atom. The molecule has 0 N–H and O–H groups in total. The van der Waals surface area contributed by atoms with E-state index in [0.717, 1.165) is 5.56 Å². The molecule has 0 saturated carbocycles. The first kappa shape index (κ1) is 11.6. The van der Waals surface area contributed by atoms with Gasteiger partial charge >= 0.3 is 0 Å². The minimum Gasteiger partial charge on any atom is -0.312 e. The first-order valence-corrected chi connectivity index (χ1v) is 5.68. The molecule has 1 unspecified atom stereocenters. The molecule has 3 heteroatoms. The Labute approximate surface area is 101 Å². The van der Waals surface area contributed by atoms with Crippen LogP contribution in [0.15, 0.2) is 36.5 Å². The van der Waals surface area contributed by atoms with Crippen molar-refractivity contribution < 1.29 is 9.59 Å². The van der Waals surface area contributed by atoms with Crippen LogP contribution >= 0.6 is 0 Å². The maximum atomic E-state index is 12.2. The monoisotopic (exact) mass is 229 g/mol. The average Bonchev–Trinajstić information content (AvgIpc) is 2.29. The van der Waals surface area contributed by atoms with Gasteiger partial charge in [-0.3, -0.25) is 9.59 Å². The Hall–Kier alpha value is -1.90. The number of amides is 1. The molecule has 1 amide bonds. The minimum atomic E-state index is -0.0682. The quantitative estimate of drug-likeness (QED) is 0.741. The van der Waals surface area contributed by atoms with Gasteiger partial charge in [0.1, 0.15) is 0 Å². The molecule has 0 radical (unpaired) electrons. The van der Waals surface area contributed by atoms with Crippen molar-refractivity contribution in [2.75, 3.05) is 0 Å². The van der Waals surface area contributed by atoms with Crippen molar-refractivity contribution in [3.8, 4) is 0 Å². The molecule has 0 fully saturated rings. The lowest BCUT2D eigenvalue weighted by molar-refractivity contribution is -0.115. The molecule has 1 aromatic rings. The zero-order valence-electron chi connectivity index (χ0n) is 10.0. The molecule has 1 aromatic carbocycles. The summed E-state index contributed by atoms with van der Waals surface area (Å²) in [6.07, 6.45) is 3.44. The highest BCUT2D eigenvalue weighted by atomic mass is 16.2. The molecule has 2 rings (SSSR count). The summed E-state index contributed by atoms with van der Waals surface area (Å²) in [5.41, 5.74) is 1.78. The summed E-state index contributed by atoms with van der Waals surface area (Å²) < 4.78 is 0. The van der Waals surface area contributed by atoms with Crippen molar-refractivity contribution in [3.63, 3.8) is 0 Å². The molecule has 1 aliphatic heterocycles. The fraction of sp³-hybridized carbons (Fsp3) is 0.286. The minimum absolute atomic E-state index is 0.0544. The Morgan fingerprint density at radius 3 is 2.53 bits per heavy atom. The Balaban J connectivity index is 2.23. The van der Waals surface area contributed by atoms with E-state index in [4.69, 9.17) is 0 Å². The van der Waals surface area contributed by atoms with E-state index in [1.165, 1.54) is 6.08 Å². The third-order valence-corrected chi connectivity index (χ3v) is 2.93. The Morgan fingerprint density at radius 2 is 1.94 bits per heavy atom. The van der Waals surface area contributed by atoms with Crippen molar-refractivity contribution in [3.05, 3.63) is 47.7 Å².